The molecule has 3 heterocycles. The van der Waals surface area contributed by atoms with Gasteiger partial charge in [-0.1, -0.05) is 98.4 Å². The van der Waals surface area contributed by atoms with E-state index in [-0.39, 0.29) is 66.5 Å². The van der Waals surface area contributed by atoms with Gasteiger partial charge in [-0.05, 0) is 290 Å². The van der Waals surface area contributed by atoms with Gasteiger partial charge in [0.15, 0.2) is 11.4 Å². The maximum absolute atomic E-state index is 11.7. The van der Waals surface area contributed by atoms with Crippen molar-refractivity contribution in [2.24, 2.45) is 0 Å². The molecule has 1 fully saturated rings. The molecule has 27 heteroatoms. The number of aliphatic carboxylic acids is 1. The van der Waals surface area contributed by atoms with Crippen molar-refractivity contribution in [1.82, 2.24) is 14.4 Å². The minimum atomic E-state index is -1.67. The van der Waals surface area contributed by atoms with Gasteiger partial charge in [0.05, 0.1) is 53.9 Å². The number of ether oxygens (including phenoxy) is 2. The number of carbonyl (C=O) groups is 4. The minimum absolute atomic E-state index is 0. The molecule has 0 spiro atoms. The molecule has 7 aromatic carbocycles. The van der Waals surface area contributed by atoms with Crippen LogP contribution in [-0.4, -0.2) is 98.7 Å². The number of halogens is 9. The molecule has 2 atom stereocenters. The molecule has 0 aliphatic carbocycles. The molecule has 2 unspecified atom stereocenters. The quantitative estimate of drug-likeness (QED) is 0.0237. The van der Waals surface area contributed by atoms with Gasteiger partial charge in [-0.15, -0.1) is 0 Å². The third-order valence-corrected chi connectivity index (χ3v) is 17.3. The molecule has 101 heavy (non-hydrogen) atoms. The van der Waals surface area contributed by atoms with Gasteiger partial charge in [-0.25, -0.2) is 14.2 Å². The third-order valence-electron chi connectivity index (χ3n) is 13.1. The van der Waals surface area contributed by atoms with Crippen LogP contribution < -0.4 is 0 Å². The SMILES string of the molecule is C.CC(C)(C)OCl.CCOC(C)C(=O)Cc1ccc(I)cc1.N#CCC1CCCO1.O=C(Cl)Cc1ccc(I)cc1.O=C(O)Cc1ccc(I)cc1.O=S(Cl)Cl.Oc1ccc(-c2cn3c(O)c(Cc4ccc(I)cc4)nc3c(Cc3ccccc3)n2)cc1.[N-]=[N+]=CC(=O)Cc1ccc(I)cc1. The molecule has 3 N–H and O–H groups in total. The first-order chi connectivity index (χ1) is 47.5. The zero-order chi connectivity index (χ0) is 74.2. The topological polar surface area (TPSA) is 264 Å². The maximum atomic E-state index is 11.7. The number of hydrogen-bond donors (Lipinski definition) is 3. The van der Waals surface area contributed by atoms with E-state index >= 15 is 0 Å². The smallest absolute Gasteiger partial charge is 0.323 e. The van der Waals surface area contributed by atoms with Gasteiger partial charge < -0.3 is 30.3 Å². The van der Waals surface area contributed by atoms with Gasteiger partial charge in [0, 0.05) is 96.3 Å². The lowest BCUT2D eigenvalue weighted by molar-refractivity contribution is -0.136. The summed E-state index contributed by atoms with van der Waals surface area (Å²) >= 11 is 21.3. The van der Waals surface area contributed by atoms with E-state index in [9.17, 15) is 29.4 Å². The summed E-state index contributed by atoms with van der Waals surface area (Å²) in [6.45, 7) is 10.8. The summed E-state index contributed by atoms with van der Waals surface area (Å²) in [4.78, 5) is 55.7. The average Bonchev–Trinajstić information content (AvgIpc) is 1.64. The molecule has 1 aliphatic heterocycles. The lowest BCUT2D eigenvalue weighted by atomic mass is 10.1. The van der Waals surface area contributed by atoms with Gasteiger partial charge in [0.25, 0.3) is 0 Å². The highest BCUT2D eigenvalue weighted by Gasteiger charge is 2.19. The number of rotatable bonds is 18. The maximum Gasteiger partial charge on any atom is 0.323 e. The molecule has 2 aromatic heterocycles. The summed E-state index contributed by atoms with van der Waals surface area (Å²) < 4.78 is 31.4. The van der Waals surface area contributed by atoms with E-state index in [1.165, 1.54) is 7.14 Å². The lowest BCUT2D eigenvalue weighted by Crippen LogP contribution is -2.22. The van der Waals surface area contributed by atoms with Crippen LogP contribution in [0.3, 0.4) is 0 Å². The number of nitriles is 1. The fourth-order valence-corrected chi connectivity index (χ4v) is 10.3. The van der Waals surface area contributed by atoms with Crippen molar-refractivity contribution in [1.29, 1.82) is 5.26 Å². The Morgan fingerprint density at radius 1 is 0.703 bits per heavy atom. The molecule has 10 rings (SSSR count). The summed E-state index contributed by atoms with van der Waals surface area (Å²) in [6, 6.07) is 58.1. The van der Waals surface area contributed by atoms with Gasteiger partial charge in [0.2, 0.25) is 26.1 Å². The number of phenols is 1. The van der Waals surface area contributed by atoms with Crippen molar-refractivity contribution in [3.63, 3.8) is 0 Å². The van der Waals surface area contributed by atoms with Crippen LogP contribution in [0.15, 0.2) is 182 Å². The molecular formula is C74H77Cl4I5N6O11S. The molecule has 9 aromatic rings. The van der Waals surface area contributed by atoms with Gasteiger partial charge in [-0.2, -0.15) is 10.1 Å². The van der Waals surface area contributed by atoms with Crippen LogP contribution >= 0.6 is 158 Å². The van der Waals surface area contributed by atoms with Gasteiger partial charge in [0.1, 0.15) is 17.5 Å². The van der Waals surface area contributed by atoms with Crippen LogP contribution in [0.5, 0.6) is 11.6 Å². The van der Waals surface area contributed by atoms with Crippen molar-refractivity contribution < 1.29 is 57.3 Å². The van der Waals surface area contributed by atoms with Crippen LogP contribution in [0, 0.1) is 29.2 Å². The predicted molar refractivity (Wildman–Crippen MR) is 446 cm³/mol. The van der Waals surface area contributed by atoms with Gasteiger partial charge in [-0.3, -0.25) is 27.9 Å². The second kappa shape index (κ2) is 51.2. The number of carbonyl (C=O) groups excluding carboxylic acids is 3. The van der Waals surface area contributed by atoms with E-state index in [1.54, 1.807) is 29.7 Å². The number of fused-ring (bicyclic) bond motifs is 1. The number of aromatic hydroxyl groups is 2. The highest BCUT2D eigenvalue weighted by molar-refractivity contribution is 14.1. The summed E-state index contributed by atoms with van der Waals surface area (Å²) in [6.07, 6.45) is 7.73. The average molecular weight is 2030 g/mol. The molecule has 1 saturated heterocycles. The Morgan fingerprint density at radius 2 is 1.13 bits per heavy atom. The third kappa shape index (κ3) is 40.7. The fourth-order valence-electron chi connectivity index (χ4n) is 8.39. The number of nitrogens with zero attached hydrogens (tertiary/aromatic N) is 6. The zero-order valence-corrected chi connectivity index (χ0v) is 69.6. The Hall–Kier alpha value is -5.05. The number of aromatic nitrogens is 3. The van der Waals surface area contributed by atoms with Crippen molar-refractivity contribution in [3.05, 3.63) is 250 Å². The Kier molecular flexibility index (Phi) is 46.6. The van der Waals surface area contributed by atoms with Gasteiger partial charge >= 0.3 is 12.2 Å². The van der Waals surface area contributed by atoms with E-state index in [1.807, 2.05) is 167 Å². The Labute approximate surface area is 680 Å². The number of phenolic OH excluding ortho intramolecular Hbond substituents is 1. The second-order valence-corrected chi connectivity index (χ2v) is 31.6. The zero-order valence-electron chi connectivity index (χ0n) is 54.9. The van der Waals surface area contributed by atoms with Crippen LogP contribution in [0.2, 0.25) is 0 Å². The number of carboxylic acid groups (broad SMARTS) is 1. The normalized spacial score (nSPS) is 11.9. The Balaban J connectivity index is 0.000000428. The molecule has 538 valence electrons. The number of carboxylic acids is 1. The highest BCUT2D eigenvalue weighted by Crippen LogP contribution is 2.29. The predicted octanol–water partition coefficient (Wildman–Crippen LogP) is 19.4. The van der Waals surface area contributed by atoms with Crippen molar-refractivity contribution >= 4 is 202 Å². The van der Waals surface area contributed by atoms with Crippen molar-refractivity contribution in [2.45, 2.75) is 118 Å². The second-order valence-electron chi connectivity index (χ2n) is 22.3. The number of hydrogen-bond acceptors (Lipinski definition) is 13. The van der Waals surface area contributed by atoms with Crippen LogP contribution in [0.25, 0.3) is 22.4 Å². The first kappa shape index (κ1) is 92.0. The molecule has 0 amide bonds. The number of Topliss-reactive ketones (excluding diaryl/α,β-unsaturated/α-hetero) is 2. The standard InChI is InChI=1S/C26H20IN3O2.C12H15IO2.C9H7IN2O.C8H6ClIO.C8H7IO2.C6H9NO.C4H9ClO.CH4.Cl2OS/c27-20-10-6-18(7-11-20)15-23-26(32)30-16-24(19-8-12-21(31)13-9-19)28-22(25(30)29-23)14-17-4-2-1-3-5-17;1-3-15-9(2)12(14)8-10-4-6-11(13)7-5-10;10-8-3-1-7(2-4-8)5-9(13)6-12-11;9-8(11)5-6-1-3-7(10)4-2-6;9-7-3-1-6(2-4-7)5-8(10)11;7-4-3-6-2-1-5-8-6;1-4(2,3)6-5;;1-4(2)3/h1-13,16,31-32H,14-15H2;4-7,9H,3,8H2,1-2H3;1-4,6H,5H2;1-4H,5H2;1-4H,5H2,(H,10,11);6H,1-3,5H2;1-3H3;1H4;. The van der Waals surface area contributed by atoms with E-state index in [0.29, 0.717) is 55.7 Å². The molecule has 0 radical (unpaired) electrons. The molecule has 1 aliphatic rings. The first-order valence-corrected chi connectivity index (χ1v) is 39.3. The monoisotopic (exact) mass is 2030 g/mol. The van der Waals surface area contributed by atoms with E-state index in [4.69, 9.17) is 63.0 Å². The molecule has 0 saturated carbocycles. The summed E-state index contributed by atoms with van der Waals surface area (Å²) in [5, 5.41) is 37.0. The fraction of sp³-hybridized carbons (Fsp3) is 0.270. The summed E-state index contributed by atoms with van der Waals surface area (Å²) in [5.74, 6) is -0.534. The number of ketones is 2. The van der Waals surface area contributed by atoms with Crippen molar-refractivity contribution in [2.75, 3.05) is 13.2 Å². The number of benzene rings is 7. The van der Waals surface area contributed by atoms with Crippen LogP contribution in [-0.2, 0) is 80.7 Å². The van der Waals surface area contributed by atoms with Crippen LogP contribution in [0.1, 0.15) is 106 Å². The largest absolute Gasteiger partial charge is 0.508 e. The van der Waals surface area contributed by atoms with Crippen molar-refractivity contribution in [3.8, 4) is 29.0 Å². The lowest BCUT2D eigenvalue weighted by Gasteiger charge is -2.10. The Morgan fingerprint density at radius 3 is 1.53 bits per heavy atom. The number of imidazole rings is 1. The van der Waals surface area contributed by atoms with E-state index < -0.39 is 15.2 Å². The van der Waals surface area contributed by atoms with Crippen LogP contribution in [0.4, 0.5) is 0 Å². The highest BCUT2D eigenvalue weighted by atomic mass is 127. The summed E-state index contributed by atoms with van der Waals surface area (Å²) in [7, 11) is 7.36. The molecular weight excluding hydrogens is 1960 g/mol. The molecule has 0 bridgehead atoms. The first-order valence-electron chi connectivity index (χ1n) is 30.4. The minimum Gasteiger partial charge on any atom is -0.508 e. The molecule has 17 nitrogen and oxygen atoms in total. The summed E-state index contributed by atoms with van der Waals surface area (Å²) in [5.41, 5.74) is 17.5. The Bertz CT molecular complexity index is 4010. The van der Waals surface area contributed by atoms with E-state index in [2.05, 4.69) is 174 Å². The van der Waals surface area contributed by atoms with E-state index in [0.717, 1.165) is 81.0 Å².